The number of ether oxygens (including phenoxy) is 1. The average molecular weight is 367 g/mol. The van der Waals surface area contributed by atoms with Crippen molar-refractivity contribution in [2.45, 2.75) is 25.9 Å². The molecule has 0 aromatic heterocycles. The van der Waals surface area contributed by atoms with E-state index in [1.165, 1.54) is 13.2 Å². The third-order valence-corrected chi connectivity index (χ3v) is 4.28. The SMILES string of the molecule is COCC1(C(=O)Nc2cc(C(F)(F)F)ccc2C)CCNCC1.Cl. The lowest BCUT2D eigenvalue weighted by atomic mass is 9.78. The molecular formula is C16H22ClF3N2O2. The van der Waals surface area contributed by atoms with Crippen molar-refractivity contribution in [3.8, 4) is 0 Å². The number of piperidine rings is 1. The maximum absolute atomic E-state index is 12.8. The van der Waals surface area contributed by atoms with E-state index in [1.807, 2.05) is 0 Å². The number of nitrogens with one attached hydrogen (secondary N) is 2. The number of benzene rings is 1. The Hall–Kier alpha value is -1.31. The summed E-state index contributed by atoms with van der Waals surface area (Å²) >= 11 is 0. The zero-order valence-corrected chi connectivity index (χ0v) is 14.4. The highest BCUT2D eigenvalue weighted by Gasteiger charge is 2.40. The molecule has 1 aromatic carbocycles. The number of carbonyl (C=O) groups is 1. The molecule has 24 heavy (non-hydrogen) atoms. The Balaban J connectivity index is 0.00000288. The summed E-state index contributed by atoms with van der Waals surface area (Å²) < 4.78 is 43.7. The van der Waals surface area contributed by atoms with E-state index in [0.29, 0.717) is 31.5 Å². The lowest BCUT2D eigenvalue weighted by Crippen LogP contribution is -2.47. The van der Waals surface area contributed by atoms with Crippen molar-refractivity contribution in [3.63, 3.8) is 0 Å². The van der Waals surface area contributed by atoms with E-state index < -0.39 is 17.2 Å². The van der Waals surface area contributed by atoms with E-state index in [0.717, 1.165) is 12.1 Å². The van der Waals surface area contributed by atoms with Gasteiger partial charge in [-0.1, -0.05) is 6.07 Å². The van der Waals surface area contributed by atoms with Crippen LogP contribution in [0.1, 0.15) is 24.0 Å². The molecule has 0 bridgehead atoms. The highest BCUT2D eigenvalue weighted by Crippen LogP contribution is 2.34. The van der Waals surface area contributed by atoms with Gasteiger partial charge in [0.2, 0.25) is 5.91 Å². The van der Waals surface area contributed by atoms with Crippen molar-refractivity contribution in [1.29, 1.82) is 0 Å². The molecule has 1 saturated heterocycles. The number of aryl methyl sites for hydroxylation is 1. The molecule has 1 aromatic rings. The van der Waals surface area contributed by atoms with E-state index in [-0.39, 0.29) is 30.6 Å². The third-order valence-electron chi connectivity index (χ3n) is 4.28. The second-order valence-electron chi connectivity index (χ2n) is 5.94. The molecule has 0 unspecified atom stereocenters. The number of anilines is 1. The van der Waals surface area contributed by atoms with Gasteiger partial charge in [-0.15, -0.1) is 12.4 Å². The van der Waals surface area contributed by atoms with Gasteiger partial charge in [0.1, 0.15) is 0 Å². The Kier molecular flexibility index (Phi) is 7.07. The molecule has 4 nitrogen and oxygen atoms in total. The molecule has 0 saturated carbocycles. The number of hydrogen-bond donors (Lipinski definition) is 2. The summed E-state index contributed by atoms with van der Waals surface area (Å²) in [6.45, 7) is 3.27. The Bertz CT molecular complexity index is 567. The zero-order valence-electron chi connectivity index (χ0n) is 13.6. The summed E-state index contributed by atoms with van der Waals surface area (Å²) in [4.78, 5) is 12.7. The Labute approximate surface area is 145 Å². The summed E-state index contributed by atoms with van der Waals surface area (Å²) in [7, 11) is 1.52. The molecule has 2 rings (SSSR count). The number of amides is 1. The first kappa shape index (κ1) is 20.7. The van der Waals surface area contributed by atoms with Crippen molar-refractivity contribution in [2.75, 3.05) is 32.1 Å². The van der Waals surface area contributed by atoms with Crippen LogP contribution in [0.25, 0.3) is 0 Å². The van der Waals surface area contributed by atoms with Crippen molar-refractivity contribution < 1.29 is 22.7 Å². The molecule has 0 atom stereocenters. The van der Waals surface area contributed by atoms with Crippen LogP contribution < -0.4 is 10.6 Å². The van der Waals surface area contributed by atoms with Crippen LogP contribution in [0.4, 0.5) is 18.9 Å². The predicted molar refractivity (Wildman–Crippen MR) is 88.5 cm³/mol. The molecule has 1 aliphatic rings. The van der Waals surface area contributed by atoms with Crippen LogP contribution in [0, 0.1) is 12.3 Å². The van der Waals surface area contributed by atoms with E-state index in [9.17, 15) is 18.0 Å². The van der Waals surface area contributed by atoms with Crippen LogP contribution in [0.2, 0.25) is 0 Å². The lowest BCUT2D eigenvalue weighted by molar-refractivity contribution is -0.137. The molecule has 1 aliphatic heterocycles. The maximum Gasteiger partial charge on any atom is 0.416 e. The number of halogens is 4. The fraction of sp³-hybridized carbons (Fsp3) is 0.562. The van der Waals surface area contributed by atoms with Gasteiger partial charge in [0, 0.05) is 12.8 Å². The zero-order chi connectivity index (χ0) is 17.1. The normalized spacial score (nSPS) is 17.0. The minimum absolute atomic E-state index is 0. The first-order valence-electron chi connectivity index (χ1n) is 7.47. The predicted octanol–water partition coefficient (Wildman–Crippen LogP) is 3.39. The summed E-state index contributed by atoms with van der Waals surface area (Å²) in [5.41, 5.74) is -0.697. The number of rotatable bonds is 4. The largest absolute Gasteiger partial charge is 0.416 e. The van der Waals surface area contributed by atoms with Gasteiger partial charge in [0.25, 0.3) is 0 Å². The fourth-order valence-electron chi connectivity index (χ4n) is 2.81. The summed E-state index contributed by atoms with van der Waals surface area (Å²) in [5, 5.41) is 5.84. The molecule has 0 spiro atoms. The second-order valence-corrected chi connectivity index (χ2v) is 5.94. The number of methoxy groups -OCH3 is 1. The highest BCUT2D eigenvalue weighted by molar-refractivity contribution is 5.96. The van der Waals surface area contributed by atoms with Crippen LogP contribution in [0.5, 0.6) is 0 Å². The van der Waals surface area contributed by atoms with E-state index in [4.69, 9.17) is 4.74 Å². The van der Waals surface area contributed by atoms with Crippen LogP contribution in [-0.2, 0) is 15.7 Å². The molecule has 1 amide bonds. The van der Waals surface area contributed by atoms with E-state index in [1.54, 1.807) is 6.92 Å². The fourth-order valence-corrected chi connectivity index (χ4v) is 2.81. The molecular weight excluding hydrogens is 345 g/mol. The summed E-state index contributed by atoms with van der Waals surface area (Å²) in [5.74, 6) is -0.289. The topological polar surface area (TPSA) is 50.4 Å². The Morgan fingerprint density at radius 1 is 1.33 bits per heavy atom. The Morgan fingerprint density at radius 3 is 2.50 bits per heavy atom. The molecule has 1 fully saturated rings. The van der Waals surface area contributed by atoms with Crippen molar-refractivity contribution in [2.24, 2.45) is 5.41 Å². The quantitative estimate of drug-likeness (QED) is 0.858. The van der Waals surface area contributed by atoms with Gasteiger partial charge in [0.15, 0.2) is 0 Å². The molecule has 2 N–H and O–H groups in total. The molecule has 1 heterocycles. The van der Waals surface area contributed by atoms with Gasteiger partial charge < -0.3 is 15.4 Å². The minimum atomic E-state index is -4.44. The number of hydrogen-bond acceptors (Lipinski definition) is 3. The second kappa shape index (κ2) is 8.18. The van der Waals surface area contributed by atoms with Crippen molar-refractivity contribution in [1.82, 2.24) is 5.32 Å². The van der Waals surface area contributed by atoms with Gasteiger partial charge in [-0.2, -0.15) is 13.2 Å². The van der Waals surface area contributed by atoms with Crippen LogP contribution in [0.15, 0.2) is 18.2 Å². The smallest absolute Gasteiger partial charge is 0.384 e. The molecule has 0 radical (unpaired) electrons. The Morgan fingerprint density at radius 2 is 1.96 bits per heavy atom. The number of alkyl halides is 3. The van der Waals surface area contributed by atoms with Crippen LogP contribution in [-0.4, -0.2) is 32.7 Å². The van der Waals surface area contributed by atoms with E-state index in [2.05, 4.69) is 10.6 Å². The first-order valence-corrected chi connectivity index (χ1v) is 7.47. The van der Waals surface area contributed by atoms with Crippen LogP contribution in [0.3, 0.4) is 0 Å². The standard InChI is InChI=1S/C16H21F3N2O2.ClH/c1-11-3-4-12(16(17,18)19)9-13(11)21-14(22)15(10-23-2)5-7-20-8-6-15;/h3-4,9,20H,5-8,10H2,1-2H3,(H,21,22);1H. The highest BCUT2D eigenvalue weighted by atomic mass is 35.5. The van der Waals surface area contributed by atoms with Gasteiger partial charge >= 0.3 is 6.18 Å². The van der Waals surface area contributed by atoms with Crippen LogP contribution >= 0.6 is 12.4 Å². The summed E-state index contributed by atoms with van der Waals surface area (Å²) in [6, 6.07) is 3.36. The van der Waals surface area contributed by atoms with Crippen molar-refractivity contribution in [3.05, 3.63) is 29.3 Å². The van der Waals surface area contributed by atoms with Gasteiger partial charge in [-0.05, 0) is 50.6 Å². The molecule has 0 aliphatic carbocycles. The lowest BCUT2D eigenvalue weighted by Gasteiger charge is -2.35. The maximum atomic E-state index is 12.8. The van der Waals surface area contributed by atoms with E-state index >= 15 is 0 Å². The number of carbonyl (C=O) groups excluding carboxylic acids is 1. The summed E-state index contributed by atoms with van der Waals surface area (Å²) in [6.07, 6.45) is -3.26. The van der Waals surface area contributed by atoms with Crippen molar-refractivity contribution >= 4 is 24.0 Å². The monoisotopic (exact) mass is 366 g/mol. The van der Waals surface area contributed by atoms with Gasteiger partial charge in [-0.3, -0.25) is 4.79 Å². The molecule has 8 heteroatoms. The average Bonchev–Trinajstić information content (AvgIpc) is 2.49. The van der Waals surface area contributed by atoms with Gasteiger partial charge in [0.05, 0.1) is 17.6 Å². The minimum Gasteiger partial charge on any atom is -0.384 e. The molecule has 136 valence electrons. The first-order chi connectivity index (χ1) is 10.8. The third kappa shape index (κ3) is 4.62. The van der Waals surface area contributed by atoms with Gasteiger partial charge in [-0.25, -0.2) is 0 Å².